The SMILES string of the molecule is Cc1nn(C)c(C)c1NS(=O)(=O)c1ccc(-c2cccc(CNCc3ccccc3)c2)cc1. The fraction of sp³-hybridized carbons (Fsp3) is 0.192. The van der Waals surface area contributed by atoms with Gasteiger partial charge in [0.1, 0.15) is 0 Å². The van der Waals surface area contributed by atoms with E-state index in [9.17, 15) is 8.42 Å². The van der Waals surface area contributed by atoms with E-state index < -0.39 is 10.0 Å². The Morgan fingerprint density at radius 1 is 0.818 bits per heavy atom. The van der Waals surface area contributed by atoms with Gasteiger partial charge in [-0.3, -0.25) is 9.40 Å². The predicted molar refractivity (Wildman–Crippen MR) is 132 cm³/mol. The summed E-state index contributed by atoms with van der Waals surface area (Å²) in [7, 11) is -1.91. The molecule has 0 aliphatic carbocycles. The number of nitrogens with zero attached hydrogens (tertiary/aromatic N) is 2. The van der Waals surface area contributed by atoms with Gasteiger partial charge in [-0.1, -0.05) is 60.7 Å². The molecule has 7 heteroatoms. The van der Waals surface area contributed by atoms with Crippen molar-refractivity contribution in [1.29, 1.82) is 0 Å². The van der Waals surface area contributed by atoms with Crippen LogP contribution < -0.4 is 10.0 Å². The van der Waals surface area contributed by atoms with Crippen LogP contribution in [0.25, 0.3) is 11.1 Å². The predicted octanol–water partition coefficient (Wildman–Crippen LogP) is 4.79. The minimum atomic E-state index is -3.70. The third-order valence-corrected chi connectivity index (χ3v) is 7.04. The first-order valence-corrected chi connectivity index (χ1v) is 12.3. The van der Waals surface area contributed by atoms with Crippen molar-refractivity contribution >= 4 is 15.7 Å². The van der Waals surface area contributed by atoms with Crippen molar-refractivity contribution in [2.24, 2.45) is 7.05 Å². The molecule has 0 aliphatic heterocycles. The Kier molecular flexibility index (Phi) is 6.62. The van der Waals surface area contributed by atoms with Crippen molar-refractivity contribution in [3.05, 3.63) is 101 Å². The van der Waals surface area contributed by atoms with Gasteiger partial charge in [0.2, 0.25) is 0 Å². The minimum Gasteiger partial charge on any atom is -0.309 e. The molecule has 4 aromatic rings. The van der Waals surface area contributed by atoms with Crippen molar-refractivity contribution in [2.75, 3.05) is 4.72 Å². The van der Waals surface area contributed by atoms with Gasteiger partial charge >= 0.3 is 0 Å². The smallest absolute Gasteiger partial charge is 0.262 e. The summed E-state index contributed by atoms with van der Waals surface area (Å²) >= 11 is 0. The van der Waals surface area contributed by atoms with Crippen molar-refractivity contribution < 1.29 is 8.42 Å². The Balaban J connectivity index is 1.46. The summed E-state index contributed by atoms with van der Waals surface area (Å²) < 4.78 is 30.1. The molecule has 0 fully saturated rings. The first-order chi connectivity index (χ1) is 15.8. The van der Waals surface area contributed by atoms with Crippen molar-refractivity contribution in [3.63, 3.8) is 0 Å². The molecule has 33 heavy (non-hydrogen) atoms. The Morgan fingerprint density at radius 3 is 2.15 bits per heavy atom. The summed E-state index contributed by atoms with van der Waals surface area (Å²) in [6, 6.07) is 25.5. The van der Waals surface area contributed by atoms with Gasteiger partial charge in [-0.15, -0.1) is 0 Å². The lowest BCUT2D eigenvalue weighted by Gasteiger charge is -2.10. The van der Waals surface area contributed by atoms with E-state index >= 15 is 0 Å². The fourth-order valence-corrected chi connectivity index (χ4v) is 4.93. The number of hydrogen-bond donors (Lipinski definition) is 2. The summed E-state index contributed by atoms with van der Waals surface area (Å²) in [5.41, 5.74) is 6.37. The average molecular weight is 461 g/mol. The van der Waals surface area contributed by atoms with Crippen LogP contribution in [0.3, 0.4) is 0 Å². The monoisotopic (exact) mass is 460 g/mol. The van der Waals surface area contributed by atoms with Crippen molar-refractivity contribution in [2.45, 2.75) is 31.8 Å². The molecule has 0 bridgehead atoms. The molecule has 3 aromatic carbocycles. The lowest BCUT2D eigenvalue weighted by molar-refractivity contribution is 0.601. The van der Waals surface area contributed by atoms with Crippen LogP contribution in [0.2, 0.25) is 0 Å². The van der Waals surface area contributed by atoms with E-state index in [1.54, 1.807) is 30.8 Å². The molecule has 0 unspecified atom stereocenters. The van der Waals surface area contributed by atoms with E-state index in [1.165, 1.54) is 11.1 Å². The van der Waals surface area contributed by atoms with E-state index in [1.807, 2.05) is 49.4 Å². The zero-order chi connectivity index (χ0) is 23.4. The average Bonchev–Trinajstić information content (AvgIpc) is 3.06. The number of anilines is 1. The zero-order valence-electron chi connectivity index (χ0n) is 19.0. The highest BCUT2D eigenvalue weighted by atomic mass is 32.2. The molecule has 6 nitrogen and oxygen atoms in total. The Hall–Kier alpha value is -3.42. The summed E-state index contributed by atoms with van der Waals surface area (Å²) in [5.74, 6) is 0. The van der Waals surface area contributed by atoms with Crippen LogP contribution >= 0.6 is 0 Å². The topological polar surface area (TPSA) is 76.0 Å². The molecule has 0 radical (unpaired) electrons. The van der Waals surface area contributed by atoms with Crippen LogP contribution in [0.15, 0.2) is 83.8 Å². The second kappa shape index (κ2) is 9.60. The number of aryl methyl sites for hydroxylation is 2. The largest absolute Gasteiger partial charge is 0.309 e. The van der Waals surface area contributed by atoms with Gasteiger partial charge in [-0.2, -0.15) is 5.10 Å². The van der Waals surface area contributed by atoms with Gasteiger partial charge in [0.15, 0.2) is 0 Å². The fourth-order valence-electron chi connectivity index (χ4n) is 3.75. The molecule has 1 aromatic heterocycles. The highest BCUT2D eigenvalue weighted by Gasteiger charge is 2.19. The van der Waals surface area contributed by atoms with E-state index in [0.717, 1.165) is 29.9 Å². The maximum Gasteiger partial charge on any atom is 0.262 e. The molecule has 0 saturated carbocycles. The summed E-state index contributed by atoms with van der Waals surface area (Å²) in [6.45, 7) is 5.18. The number of rotatable bonds is 8. The van der Waals surface area contributed by atoms with Crippen LogP contribution in [-0.4, -0.2) is 18.2 Å². The number of hydrogen-bond acceptors (Lipinski definition) is 4. The molecule has 2 N–H and O–H groups in total. The summed E-state index contributed by atoms with van der Waals surface area (Å²) in [5, 5.41) is 7.74. The van der Waals surface area contributed by atoms with Crippen LogP contribution in [0.4, 0.5) is 5.69 Å². The second-order valence-electron chi connectivity index (χ2n) is 8.09. The van der Waals surface area contributed by atoms with Crippen LogP contribution in [0.5, 0.6) is 0 Å². The van der Waals surface area contributed by atoms with Crippen LogP contribution in [-0.2, 0) is 30.2 Å². The lowest BCUT2D eigenvalue weighted by atomic mass is 10.0. The third kappa shape index (κ3) is 5.32. The van der Waals surface area contributed by atoms with Gasteiger partial charge in [0.05, 0.1) is 22.0 Å². The first kappa shape index (κ1) is 22.8. The lowest BCUT2D eigenvalue weighted by Crippen LogP contribution is -2.14. The molecule has 0 saturated heterocycles. The van der Waals surface area contributed by atoms with E-state index in [4.69, 9.17) is 0 Å². The normalized spacial score (nSPS) is 11.5. The standard InChI is InChI=1S/C26H28N4O2S/c1-19-26(20(2)30(3)28-19)29-33(31,32)25-14-12-23(13-15-25)24-11-7-10-22(16-24)18-27-17-21-8-5-4-6-9-21/h4-16,27,29H,17-18H2,1-3H3. The number of benzene rings is 3. The van der Waals surface area contributed by atoms with E-state index in [2.05, 4.69) is 39.4 Å². The van der Waals surface area contributed by atoms with E-state index in [-0.39, 0.29) is 4.90 Å². The van der Waals surface area contributed by atoms with Gasteiger partial charge in [-0.05, 0) is 54.3 Å². The van der Waals surface area contributed by atoms with Gasteiger partial charge < -0.3 is 5.32 Å². The Bertz CT molecular complexity index is 1350. The maximum atomic E-state index is 12.9. The second-order valence-corrected chi connectivity index (χ2v) is 9.77. The summed E-state index contributed by atoms with van der Waals surface area (Å²) in [6.07, 6.45) is 0. The van der Waals surface area contributed by atoms with Crippen molar-refractivity contribution in [3.8, 4) is 11.1 Å². The van der Waals surface area contributed by atoms with Gasteiger partial charge in [0, 0.05) is 20.1 Å². The molecule has 0 atom stereocenters. The number of nitrogens with one attached hydrogen (secondary N) is 2. The quantitative estimate of drug-likeness (QED) is 0.396. The van der Waals surface area contributed by atoms with E-state index in [0.29, 0.717) is 11.4 Å². The minimum absolute atomic E-state index is 0.217. The molecule has 0 aliphatic rings. The maximum absolute atomic E-state index is 12.9. The summed E-state index contributed by atoms with van der Waals surface area (Å²) in [4.78, 5) is 0.217. The molecule has 4 rings (SSSR count). The van der Waals surface area contributed by atoms with Gasteiger partial charge in [-0.25, -0.2) is 8.42 Å². The third-order valence-electron chi connectivity index (χ3n) is 5.67. The zero-order valence-corrected chi connectivity index (χ0v) is 19.9. The first-order valence-electron chi connectivity index (χ1n) is 10.8. The molecule has 0 amide bonds. The van der Waals surface area contributed by atoms with Crippen molar-refractivity contribution in [1.82, 2.24) is 15.1 Å². The molecular formula is C26H28N4O2S. The molecule has 0 spiro atoms. The van der Waals surface area contributed by atoms with Crippen LogP contribution in [0.1, 0.15) is 22.5 Å². The Morgan fingerprint density at radius 2 is 1.48 bits per heavy atom. The number of sulfonamides is 1. The highest BCUT2D eigenvalue weighted by Crippen LogP contribution is 2.25. The van der Waals surface area contributed by atoms with Gasteiger partial charge in [0.25, 0.3) is 10.0 Å². The Labute approximate surface area is 195 Å². The molecular weight excluding hydrogens is 432 g/mol. The highest BCUT2D eigenvalue weighted by molar-refractivity contribution is 7.92. The number of aromatic nitrogens is 2. The van der Waals surface area contributed by atoms with Crippen LogP contribution in [0, 0.1) is 13.8 Å². The molecule has 170 valence electrons. The molecule has 1 heterocycles.